The summed E-state index contributed by atoms with van der Waals surface area (Å²) in [6.45, 7) is 6.38. The summed E-state index contributed by atoms with van der Waals surface area (Å²) in [5.41, 5.74) is 1.53. The van der Waals surface area contributed by atoms with Crippen LogP contribution >= 0.6 is 0 Å². The SMILES string of the molecule is CC(C)CCC(C)NC(=O)/C=C/c1ccc(C#N)cc1. The Morgan fingerprint density at radius 1 is 1.25 bits per heavy atom. The van der Waals surface area contributed by atoms with Crippen LogP contribution in [0.4, 0.5) is 0 Å². The molecule has 0 aromatic heterocycles. The molecule has 1 N–H and O–H groups in total. The first-order chi connectivity index (χ1) is 9.51. The van der Waals surface area contributed by atoms with Gasteiger partial charge in [0.25, 0.3) is 0 Å². The molecule has 3 nitrogen and oxygen atoms in total. The first-order valence-corrected chi connectivity index (χ1v) is 7.00. The van der Waals surface area contributed by atoms with Gasteiger partial charge in [-0.05, 0) is 49.5 Å². The van der Waals surface area contributed by atoms with Crippen molar-refractivity contribution in [1.82, 2.24) is 5.32 Å². The number of nitrogens with one attached hydrogen (secondary N) is 1. The van der Waals surface area contributed by atoms with Gasteiger partial charge in [-0.25, -0.2) is 0 Å². The van der Waals surface area contributed by atoms with Crippen molar-refractivity contribution in [1.29, 1.82) is 5.26 Å². The van der Waals surface area contributed by atoms with E-state index in [1.807, 2.05) is 19.1 Å². The first-order valence-electron chi connectivity index (χ1n) is 7.00. The molecule has 0 saturated heterocycles. The van der Waals surface area contributed by atoms with E-state index in [4.69, 9.17) is 5.26 Å². The number of rotatable bonds is 6. The summed E-state index contributed by atoms with van der Waals surface area (Å²) in [5.74, 6) is 0.578. The summed E-state index contributed by atoms with van der Waals surface area (Å²) >= 11 is 0. The molecule has 0 saturated carbocycles. The van der Waals surface area contributed by atoms with E-state index in [2.05, 4.69) is 25.2 Å². The highest BCUT2D eigenvalue weighted by molar-refractivity contribution is 5.91. The molecular weight excluding hydrogens is 248 g/mol. The second-order valence-corrected chi connectivity index (χ2v) is 5.45. The van der Waals surface area contributed by atoms with Crippen molar-refractivity contribution in [2.45, 2.75) is 39.7 Å². The van der Waals surface area contributed by atoms with Gasteiger partial charge in [0.05, 0.1) is 11.6 Å². The van der Waals surface area contributed by atoms with Gasteiger partial charge in [-0.15, -0.1) is 0 Å². The van der Waals surface area contributed by atoms with Crippen molar-refractivity contribution < 1.29 is 4.79 Å². The van der Waals surface area contributed by atoms with E-state index in [0.29, 0.717) is 11.5 Å². The predicted molar refractivity (Wildman–Crippen MR) is 81.9 cm³/mol. The average molecular weight is 270 g/mol. The maximum Gasteiger partial charge on any atom is 0.244 e. The monoisotopic (exact) mass is 270 g/mol. The van der Waals surface area contributed by atoms with Gasteiger partial charge >= 0.3 is 0 Å². The maximum absolute atomic E-state index is 11.7. The molecule has 0 radical (unpaired) electrons. The Kier molecular flexibility index (Phi) is 6.52. The summed E-state index contributed by atoms with van der Waals surface area (Å²) in [5, 5.41) is 11.7. The largest absolute Gasteiger partial charge is 0.350 e. The predicted octanol–water partition coefficient (Wildman–Crippen LogP) is 3.51. The highest BCUT2D eigenvalue weighted by atomic mass is 16.1. The molecule has 3 heteroatoms. The van der Waals surface area contributed by atoms with Gasteiger partial charge < -0.3 is 5.32 Å². The Morgan fingerprint density at radius 2 is 1.90 bits per heavy atom. The zero-order valence-corrected chi connectivity index (χ0v) is 12.4. The Labute approximate surface area is 121 Å². The smallest absolute Gasteiger partial charge is 0.244 e. The minimum atomic E-state index is -0.0781. The summed E-state index contributed by atoms with van der Waals surface area (Å²) in [6.07, 6.45) is 5.40. The van der Waals surface area contributed by atoms with Crippen molar-refractivity contribution in [2.24, 2.45) is 5.92 Å². The number of nitriles is 1. The number of hydrogen-bond acceptors (Lipinski definition) is 2. The summed E-state index contributed by atoms with van der Waals surface area (Å²) in [4.78, 5) is 11.7. The third-order valence-electron chi connectivity index (χ3n) is 3.03. The highest BCUT2D eigenvalue weighted by Crippen LogP contribution is 2.07. The van der Waals surface area contributed by atoms with Crippen molar-refractivity contribution in [3.05, 3.63) is 41.5 Å². The normalized spacial score (nSPS) is 12.3. The Bertz CT molecular complexity index is 495. The Hall–Kier alpha value is -2.08. The summed E-state index contributed by atoms with van der Waals surface area (Å²) in [6, 6.07) is 9.38. The van der Waals surface area contributed by atoms with Crippen molar-refractivity contribution >= 4 is 12.0 Å². The fourth-order valence-electron chi connectivity index (χ4n) is 1.79. The van der Waals surface area contributed by atoms with Crippen molar-refractivity contribution in [2.75, 3.05) is 0 Å². The van der Waals surface area contributed by atoms with E-state index in [-0.39, 0.29) is 11.9 Å². The third kappa shape index (κ3) is 6.19. The lowest BCUT2D eigenvalue weighted by Crippen LogP contribution is -2.31. The molecule has 106 valence electrons. The molecule has 0 spiro atoms. The number of hydrogen-bond donors (Lipinski definition) is 1. The van der Waals surface area contributed by atoms with Crippen molar-refractivity contribution in [3.8, 4) is 6.07 Å². The van der Waals surface area contributed by atoms with Crippen LogP contribution < -0.4 is 5.32 Å². The molecule has 0 fully saturated rings. The van der Waals surface area contributed by atoms with Crippen molar-refractivity contribution in [3.63, 3.8) is 0 Å². The lowest BCUT2D eigenvalue weighted by Gasteiger charge is -2.13. The number of nitrogens with zero attached hydrogens (tertiary/aromatic N) is 1. The molecule has 1 aromatic rings. The van der Waals surface area contributed by atoms with E-state index in [0.717, 1.165) is 18.4 Å². The molecule has 0 aliphatic carbocycles. The molecule has 1 atom stereocenters. The van der Waals surface area contributed by atoms with Gasteiger partial charge in [-0.1, -0.05) is 26.0 Å². The minimum absolute atomic E-state index is 0.0781. The van der Waals surface area contributed by atoms with Crippen LogP contribution in [0.1, 0.15) is 44.7 Å². The molecule has 1 amide bonds. The number of carbonyl (C=O) groups is 1. The van der Waals surface area contributed by atoms with E-state index in [1.165, 1.54) is 6.08 Å². The molecule has 20 heavy (non-hydrogen) atoms. The highest BCUT2D eigenvalue weighted by Gasteiger charge is 2.05. The Morgan fingerprint density at radius 3 is 2.45 bits per heavy atom. The molecule has 1 aromatic carbocycles. The van der Waals surface area contributed by atoms with E-state index < -0.39 is 0 Å². The van der Waals surface area contributed by atoms with E-state index in [1.54, 1.807) is 18.2 Å². The molecule has 1 rings (SSSR count). The van der Waals surface area contributed by atoms with Gasteiger partial charge in [0.1, 0.15) is 0 Å². The fourth-order valence-corrected chi connectivity index (χ4v) is 1.79. The van der Waals surface area contributed by atoms with Crippen LogP contribution in [0.2, 0.25) is 0 Å². The average Bonchev–Trinajstić information content (AvgIpc) is 2.43. The second-order valence-electron chi connectivity index (χ2n) is 5.45. The van der Waals surface area contributed by atoms with Crippen LogP contribution in [-0.4, -0.2) is 11.9 Å². The van der Waals surface area contributed by atoms with Crippen LogP contribution in [0.25, 0.3) is 6.08 Å². The lowest BCUT2D eigenvalue weighted by atomic mass is 10.0. The van der Waals surface area contributed by atoms with Gasteiger partial charge in [-0.2, -0.15) is 5.26 Å². The molecule has 0 aliphatic rings. The van der Waals surface area contributed by atoms with Crippen LogP contribution in [0.5, 0.6) is 0 Å². The fraction of sp³-hybridized carbons (Fsp3) is 0.412. The standard InChI is InChI=1S/C17H22N2O/c1-13(2)4-5-14(3)19-17(20)11-10-15-6-8-16(12-18)9-7-15/h6-11,13-14H,4-5H2,1-3H3,(H,19,20)/b11-10+. The molecule has 1 unspecified atom stereocenters. The molecule has 0 aliphatic heterocycles. The third-order valence-corrected chi connectivity index (χ3v) is 3.03. The topological polar surface area (TPSA) is 52.9 Å². The van der Waals surface area contributed by atoms with Crippen LogP contribution in [0, 0.1) is 17.2 Å². The van der Waals surface area contributed by atoms with Crippen LogP contribution in [0.3, 0.4) is 0 Å². The lowest BCUT2D eigenvalue weighted by molar-refractivity contribution is -0.117. The Balaban J connectivity index is 2.44. The van der Waals surface area contributed by atoms with E-state index in [9.17, 15) is 4.79 Å². The number of carbonyl (C=O) groups excluding carboxylic acids is 1. The molecule has 0 heterocycles. The minimum Gasteiger partial charge on any atom is -0.350 e. The summed E-state index contributed by atoms with van der Waals surface area (Å²) in [7, 11) is 0. The molecular formula is C17H22N2O. The zero-order valence-electron chi connectivity index (χ0n) is 12.4. The van der Waals surface area contributed by atoms with E-state index >= 15 is 0 Å². The quantitative estimate of drug-likeness (QED) is 0.804. The summed E-state index contributed by atoms with van der Waals surface area (Å²) < 4.78 is 0. The second kappa shape index (κ2) is 8.16. The maximum atomic E-state index is 11.7. The van der Waals surface area contributed by atoms with Gasteiger partial charge in [0.15, 0.2) is 0 Å². The van der Waals surface area contributed by atoms with Crippen LogP contribution in [0.15, 0.2) is 30.3 Å². The van der Waals surface area contributed by atoms with Gasteiger partial charge in [0, 0.05) is 12.1 Å². The number of amides is 1. The van der Waals surface area contributed by atoms with Gasteiger partial charge in [-0.3, -0.25) is 4.79 Å². The number of benzene rings is 1. The van der Waals surface area contributed by atoms with Gasteiger partial charge in [0.2, 0.25) is 5.91 Å². The van der Waals surface area contributed by atoms with Crippen LogP contribution in [-0.2, 0) is 4.79 Å². The first kappa shape index (κ1) is 16.0. The molecule has 0 bridgehead atoms. The zero-order chi connectivity index (χ0) is 15.0.